The molecule has 0 aliphatic carbocycles. The number of anilines is 4. The first-order chi connectivity index (χ1) is 16.6. The molecule has 0 bridgehead atoms. The van der Waals surface area contributed by atoms with E-state index < -0.39 is 0 Å². The summed E-state index contributed by atoms with van der Waals surface area (Å²) in [6.45, 7) is 4.83. The van der Waals surface area contributed by atoms with Crippen LogP contribution >= 0.6 is 0 Å². The summed E-state index contributed by atoms with van der Waals surface area (Å²) in [5.41, 5.74) is 5.28. The van der Waals surface area contributed by atoms with E-state index in [1.807, 2.05) is 0 Å². The number of benzene rings is 2. The maximum atomic E-state index is 9.16. The highest BCUT2D eigenvalue weighted by molar-refractivity contribution is 5.93. The molecule has 0 atom stereocenters. The first kappa shape index (κ1) is 26.5. The summed E-state index contributed by atoms with van der Waals surface area (Å²) in [6.07, 6.45) is 10.2. The van der Waals surface area contributed by atoms with Gasteiger partial charge in [0.1, 0.15) is 0 Å². The predicted molar refractivity (Wildman–Crippen MR) is 144 cm³/mol. The molecule has 0 saturated carbocycles. The summed E-state index contributed by atoms with van der Waals surface area (Å²) in [6, 6.07) is 17.7. The number of rotatable bonds is 16. The van der Waals surface area contributed by atoms with Gasteiger partial charge in [-0.15, -0.1) is 0 Å². The molecule has 1 aliphatic heterocycles. The van der Waals surface area contributed by atoms with Crippen LogP contribution in [-0.2, 0) is 0 Å². The summed E-state index contributed by atoms with van der Waals surface area (Å²) >= 11 is 0. The number of unbranched alkanes of at least 4 members (excludes halogenated alkanes) is 6. The zero-order valence-electron chi connectivity index (χ0n) is 21.5. The minimum Gasteiger partial charge on any atom is -0.396 e. The van der Waals surface area contributed by atoms with Crippen molar-refractivity contribution < 1.29 is 14.7 Å². The zero-order valence-corrected chi connectivity index (χ0v) is 21.5. The molecule has 0 amide bonds. The van der Waals surface area contributed by atoms with Crippen LogP contribution in [0.15, 0.2) is 48.5 Å². The standard InChI is InChI=1S/C29H46N3O2/c1-32(2,23-15-25-34)22-13-12-21-31-28-18-9-7-16-26(28)30(27-17-8-10-19-29(27)31)20-11-5-3-4-6-14-24-33/h7-10,16-19,33-34H,3-6,11-15,20-25H2,1-2H3/q+1. The number of hydrogen-bond donors (Lipinski definition) is 2. The van der Waals surface area contributed by atoms with E-state index in [2.05, 4.69) is 72.4 Å². The van der Waals surface area contributed by atoms with Gasteiger partial charge in [-0.1, -0.05) is 49.9 Å². The van der Waals surface area contributed by atoms with Crippen LogP contribution in [0.4, 0.5) is 22.7 Å². The molecule has 0 radical (unpaired) electrons. The maximum absolute atomic E-state index is 9.16. The van der Waals surface area contributed by atoms with Crippen molar-refractivity contribution in [3.05, 3.63) is 48.5 Å². The fraction of sp³-hybridized carbons (Fsp3) is 0.586. The van der Waals surface area contributed by atoms with Gasteiger partial charge in [-0.2, -0.15) is 0 Å². The number of nitrogens with zero attached hydrogens (tertiary/aromatic N) is 3. The van der Waals surface area contributed by atoms with Gasteiger partial charge in [-0.25, -0.2) is 0 Å². The fourth-order valence-electron chi connectivity index (χ4n) is 5.09. The van der Waals surface area contributed by atoms with Gasteiger partial charge < -0.3 is 24.5 Å². The van der Waals surface area contributed by atoms with Gasteiger partial charge in [0.15, 0.2) is 0 Å². The van der Waals surface area contributed by atoms with Crippen LogP contribution in [0.2, 0.25) is 0 Å². The van der Waals surface area contributed by atoms with Gasteiger partial charge in [-0.05, 0) is 49.9 Å². The maximum Gasteiger partial charge on any atom is 0.0804 e. The van der Waals surface area contributed by atoms with Gasteiger partial charge in [0.2, 0.25) is 0 Å². The monoisotopic (exact) mass is 468 g/mol. The largest absolute Gasteiger partial charge is 0.396 e. The summed E-state index contributed by atoms with van der Waals surface area (Å²) in [5.74, 6) is 0. The van der Waals surface area contributed by atoms with Crippen molar-refractivity contribution in [3.63, 3.8) is 0 Å². The number of quaternary nitrogens is 1. The van der Waals surface area contributed by atoms with E-state index in [-0.39, 0.29) is 6.61 Å². The molecule has 0 saturated heterocycles. The lowest BCUT2D eigenvalue weighted by molar-refractivity contribution is -0.890. The Kier molecular flexibility index (Phi) is 10.7. The third-order valence-corrected chi connectivity index (χ3v) is 7.03. The first-order valence-corrected chi connectivity index (χ1v) is 13.3. The van der Waals surface area contributed by atoms with Gasteiger partial charge >= 0.3 is 0 Å². The third kappa shape index (κ3) is 7.46. The molecule has 0 fully saturated rings. The number of para-hydroxylation sites is 4. The van der Waals surface area contributed by atoms with E-state index in [0.29, 0.717) is 6.61 Å². The van der Waals surface area contributed by atoms with Crippen LogP contribution in [0.1, 0.15) is 57.8 Å². The zero-order chi connectivity index (χ0) is 24.2. The van der Waals surface area contributed by atoms with Gasteiger partial charge in [-0.3, -0.25) is 0 Å². The Balaban J connectivity index is 1.64. The van der Waals surface area contributed by atoms with Crippen LogP contribution in [0, 0.1) is 0 Å². The fourth-order valence-corrected chi connectivity index (χ4v) is 5.09. The van der Waals surface area contributed by atoms with Crippen LogP contribution in [0.5, 0.6) is 0 Å². The van der Waals surface area contributed by atoms with Gasteiger partial charge in [0.05, 0.1) is 49.9 Å². The highest BCUT2D eigenvalue weighted by atomic mass is 16.3. The molecule has 0 aromatic heterocycles. The Bertz CT molecular complexity index is 807. The number of fused-ring (bicyclic) bond motifs is 2. The van der Waals surface area contributed by atoms with Crippen LogP contribution in [0.3, 0.4) is 0 Å². The summed E-state index contributed by atoms with van der Waals surface area (Å²) in [4.78, 5) is 5.04. The van der Waals surface area contributed by atoms with Crippen LogP contribution in [-0.4, -0.2) is 68.2 Å². The molecule has 0 spiro atoms. The highest BCUT2D eigenvalue weighted by Gasteiger charge is 2.27. The minimum atomic E-state index is 0.281. The quantitative estimate of drug-likeness (QED) is 0.240. The van der Waals surface area contributed by atoms with E-state index in [0.717, 1.165) is 56.3 Å². The predicted octanol–water partition coefficient (Wildman–Crippen LogP) is 5.85. The SMILES string of the molecule is C[N+](C)(CCCO)CCCCN1c2ccccc2N(CCCCCCCCO)c2ccccc21. The molecule has 0 unspecified atom stereocenters. The van der Waals surface area contributed by atoms with Gasteiger partial charge in [0, 0.05) is 32.7 Å². The van der Waals surface area contributed by atoms with Crippen molar-refractivity contribution >= 4 is 22.7 Å². The topological polar surface area (TPSA) is 46.9 Å². The van der Waals surface area contributed by atoms with E-state index in [1.54, 1.807) is 0 Å². The number of aliphatic hydroxyl groups excluding tert-OH is 2. The second kappa shape index (κ2) is 13.7. The molecule has 2 aromatic carbocycles. The van der Waals surface area contributed by atoms with Crippen molar-refractivity contribution in [3.8, 4) is 0 Å². The first-order valence-electron chi connectivity index (χ1n) is 13.3. The molecule has 3 rings (SSSR count). The highest BCUT2D eigenvalue weighted by Crippen LogP contribution is 2.47. The van der Waals surface area contributed by atoms with E-state index in [1.165, 1.54) is 54.9 Å². The lowest BCUT2D eigenvalue weighted by atomic mass is 10.0. The van der Waals surface area contributed by atoms with Crippen molar-refractivity contribution in [1.29, 1.82) is 0 Å². The normalized spacial score (nSPS) is 13.2. The summed E-state index contributed by atoms with van der Waals surface area (Å²) in [5, 5.41) is 18.1. The van der Waals surface area contributed by atoms with Crippen molar-refractivity contribution in [2.45, 2.75) is 57.8 Å². The average molecular weight is 469 g/mol. The van der Waals surface area contributed by atoms with Crippen LogP contribution < -0.4 is 9.80 Å². The van der Waals surface area contributed by atoms with E-state index in [4.69, 9.17) is 10.2 Å². The molecular weight excluding hydrogens is 422 g/mol. The average Bonchev–Trinajstić information content (AvgIpc) is 2.85. The molecule has 5 heteroatoms. The lowest BCUT2D eigenvalue weighted by Crippen LogP contribution is -2.41. The van der Waals surface area contributed by atoms with Crippen molar-refractivity contribution in [2.75, 3.05) is 63.3 Å². The van der Waals surface area contributed by atoms with Crippen molar-refractivity contribution in [2.24, 2.45) is 0 Å². The summed E-state index contributed by atoms with van der Waals surface area (Å²) in [7, 11) is 4.54. The smallest absolute Gasteiger partial charge is 0.0804 e. The van der Waals surface area contributed by atoms with Crippen LogP contribution in [0.25, 0.3) is 0 Å². The molecular formula is C29H46N3O2+. The Morgan fingerprint density at radius 1 is 0.529 bits per heavy atom. The number of hydrogen-bond acceptors (Lipinski definition) is 4. The van der Waals surface area contributed by atoms with Crippen molar-refractivity contribution in [1.82, 2.24) is 0 Å². The second-order valence-electron chi connectivity index (χ2n) is 10.3. The number of aliphatic hydroxyl groups is 2. The Labute approximate surface area is 207 Å². The second-order valence-corrected chi connectivity index (χ2v) is 10.3. The third-order valence-electron chi connectivity index (χ3n) is 7.03. The molecule has 34 heavy (non-hydrogen) atoms. The minimum absolute atomic E-state index is 0.281. The molecule has 5 nitrogen and oxygen atoms in total. The van der Waals surface area contributed by atoms with E-state index in [9.17, 15) is 0 Å². The van der Waals surface area contributed by atoms with E-state index >= 15 is 0 Å². The molecule has 2 N–H and O–H groups in total. The lowest BCUT2D eigenvalue weighted by Gasteiger charge is -2.40. The Morgan fingerprint density at radius 3 is 1.38 bits per heavy atom. The Hall–Kier alpha value is -2.08. The Morgan fingerprint density at radius 2 is 0.912 bits per heavy atom. The summed E-state index contributed by atoms with van der Waals surface area (Å²) < 4.78 is 0.974. The molecule has 188 valence electrons. The molecule has 1 heterocycles. The molecule has 2 aromatic rings. The van der Waals surface area contributed by atoms with Gasteiger partial charge in [0.25, 0.3) is 0 Å². The molecule has 1 aliphatic rings.